The molecule has 0 atom stereocenters. The first-order valence-electron chi connectivity index (χ1n) is 18.6. The average molecular weight is 1360 g/mol. The van der Waals surface area contributed by atoms with E-state index in [0.717, 1.165) is 13.8 Å². The summed E-state index contributed by atoms with van der Waals surface area (Å²) in [6.45, 7) is -4.67. The quantitative estimate of drug-likeness (QED) is 0.0444. The van der Waals surface area contributed by atoms with Crippen LogP contribution in [0.1, 0.15) is 78.1 Å². The molecular formula is C30H30F36O3Sn2. The fraction of sp³-hybridized carbons (Fsp3) is 1.00. The molecule has 0 saturated heterocycles. The van der Waals surface area contributed by atoms with Crippen LogP contribution in [0.15, 0.2) is 0 Å². The van der Waals surface area contributed by atoms with Crippen LogP contribution in [-0.4, -0.2) is 139 Å². The van der Waals surface area contributed by atoms with Gasteiger partial charge in [-0.25, -0.2) is 0 Å². The Morgan fingerprint density at radius 3 is 0.563 bits per heavy atom. The van der Waals surface area contributed by atoms with Gasteiger partial charge in [-0.15, -0.1) is 0 Å². The molecule has 0 N–H and O–H groups in total. The summed E-state index contributed by atoms with van der Waals surface area (Å²) in [7, 11) is 0. The van der Waals surface area contributed by atoms with Crippen molar-refractivity contribution in [3.63, 3.8) is 0 Å². The van der Waals surface area contributed by atoms with Crippen LogP contribution < -0.4 is 0 Å². The molecule has 71 heavy (non-hydrogen) atoms. The van der Waals surface area contributed by atoms with Crippen LogP contribution in [0.3, 0.4) is 0 Å². The van der Waals surface area contributed by atoms with Gasteiger partial charge in [-0.05, 0) is 0 Å². The number of unbranched alkanes of at least 4 members (excludes halogenated alkanes) is 8. The molecule has 41 heteroatoms. The molecule has 0 aliphatic rings. The molecular weight excluding hydrogens is 1330 g/mol. The Balaban J connectivity index is 10.7. The Kier molecular flexibility index (Phi) is 21.1. The maximum absolute atomic E-state index is 16.4. The first kappa shape index (κ1) is 70.0. The molecule has 0 aliphatic heterocycles. The topological polar surface area (TPSA) is 27.7 Å². The second kappa shape index (κ2) is 21.4. The van der Waals surface area contributed by atoms with Gasteiger partial charge in [-0.3, -0.25) is 0 Å². The summed E-state index contributed by atoms with van der Waals surface area (Å²) in [5.41, 5.74) is 0. The average Bonchev–Trinajstić information content (AvgIpc) is 3.16. The van der Waals surface area contributed by atoms with Crippen molar-refractivity contribution in [1.82, 2.24) is 0 Å². The van der Waals surface area contributed by atoms with Crippen molar-refractivity contribution in [2.75, 3.05) is 13.2 Å². The van der Waals surface area contributed by atoms with Crippen LogP contribution in [0, 0.1) is 0 Å². The molecule has 0 fully saturated rings. The minimum absolute atomic E-state index is 0.175. The van der Waals surface area contributed by atoms with Gasteiger partial charge in [0.15, 0.2) is 0 Å². The van der Waals surface area contributed by atoms with Crippen LogP contribution in [0.5, 0.6) is 0 Å². The van der Waals surface area contributed by atoms with Gasteiger partial charge >= 0.3 is 383 Å². The van der Waals surface area contributed by atoms with E-state index >= 15 is 70.2 Å². The molecule has 0 aromatic heterocycles. The number of alkyl halides is 36. The molecule has 428 valence electrons. The molecule has 0 aromatic carbocycles. The summed E-state index contributed by atoms with van der Waals surface area (Å²) in [5, 5.41) is 0. The summed E-state index contributed by atoms with van der Waals surface area (Å²) in [4.78, 5) is 0. The predicted molar refractivity (Wildman–Crippen MR) is 166 cm³/mol. The molecule has 3 nitrogen and oxygen atoms in total. The first-order valence-corrected chi connectivity index (χ1v) is 29.0. The molecule has 0 aromatic rings. The molecule has 0 aliphatic carbocycles. The Labute approximate surface area is 382 Å². The van der Waals surface area contributed by atoms with E-state index in [1.807, 2.05) is 0 Å². The zero-order valence-electron chi connectivity index (χ0n) is 34.3. The van der Waals surface area contributed by atoms with E-state index in [1.54, 1.807) is 0 Å². The Morgan fingerprint density at radius 2 is 0.408 bits per heavy atom. The fourth-order valence-corrected chi connectivity index (χ4v) is 41.5. The van der Waals surface area contributed by atoms with E-state index in [-0.39, 0.29) is 12.8 Å². The van der Waals surface area contributed by atoms with Gasteiger partial charge in [0.2, 0.25) is 0 Å². The van der Waals surface area contributed by atoms with Crippen LogP contribution in [-0.2, 0) is 7.56 Å². The number of hydrogen-bond acceptors (Lipinski definition) is 3. The van der Waals surface area contributed by atoms with E-state index in [2.05, 4.69) is 7.56 Å². The monoisotopic (exact) mass is 1360 g/mol. The van der Waals surface area contributed by atoms with E-state index in [0.29, 0.717) is 0 Å². The predicted octanol–water partition coefficient (Wildman–Crippen LogP) is 15.9. The third-order valence-electron chi connectivity index (χ3n) is 9.63. The van der Waals surface area contributed by atoms with Gasteiger partial charge in [0, 0.05) is 0 Å². The van der Waals surface area contributed by atoms with Crippen molar-refractivity contribution in [2.24, 2.45) is 0 Å². The molecule has 0 rings (SSSR count). The van der Waals surface area contributed by atoms with Crippen LogP contribution in [0.4, 0.5) is 158 Å². The second-order valence-electron chi connectivity index (χ2n) is 14.7. The van der Waals surface area contributed by atoms with Gasteiger partial charge in [0.05, 0.1) is 0 Å². The zero-order valence-corrected chi connectivity index (χ0v) is 40.0. The first-order chi connectivity index (χ1) is 30.8. The molecule has 0 spiro atoms. The van der Waals surface area contributed by atoms with Gasteiger partial charge in [0.1, 0.15) is 0 Å². The zero-order chi connectivity index (χ0) is 57.6. The molecule has 0 amide bonds. The molecule has 0 saturated carbocycles. The molecule has 0 heterocycles. The minimum atomic E-state index is -14.0. The second-order valence-corrected chi connectivity index (χ2v) is 35.1. The van der Waals surface area contributed by atoms with Crippen LogP contribution in [0.25, 0.3) is 0 Å². The summed E-state index contributed by atoms with van der Waals surface area (Å²) in [6, 6.07) is 0. The number of hydrogen-bond donors (Lipinski definition) is 0. The van der Waals surface area contributed by atoms with Gasteiger partial charge in [-0.2, -0.15) is 0 Å². The summed E-state index contributed by atoms with van der Waals surface area (Å²) in [5.74, 6) is -77.1. The normalized spacial score (nSPS) is 16.3. The van der Waals surface area contributed by atoms with Gasteiger partial charge in [0.25, 0.3) is 0 Å². The third kappa shape index (κ3) is 11.1. The fourth-order valence-electron chi connectivity index (χ4n) is 5.45. The van der Waals surface area contributed by atoms with Gasteiger partial charge in [-0.1, -0.05) is 0 Å². The standard InChI is InChI=1S/2C7H15O.4C4F9.O.2Sn/c2*1-2-3-4-5-6-7-8;4*5-1(6)2(7,8)3(9,10)4(11,12)13;;;/h2*2-7H2,1H3;;;;;;;/q2*-1;;;;;;2*+1. The SMILES string of the molecule is CCCCCCC[O][Sn]([O][Sn]([O]CCCCCCC)([C](F)(F)C(F)(F)C(F)(F)C(F)(F)F)[C](F)(F)C(F)(F)C(F)(F)C(F)(F)F)([C](F)(F)C(F)(F)C(F)(F)C(F)(F)F)[C](F)(F)C(F)(F)C(F)(F)C(F)(F)F. The van der Waals surface area contributed by atoms with Crippen molar-refractivity contribution < 1.29 is 166 Å². The maximum atomic E-state index is 16.4. The van der Waals surface area contributed by atoms with Crippen molar-refractivity contribution in [1.29, 1.82) is 0 Å². The van der Waals surface area contributed by atoms with Gasteiger partial charge < -0.3 is 0 Å². The molecule has 0 radical (unpaired) electrons. The van der Waals surface area contributed by atoms with E-state index in [1.165, 1.54) is 0 Å². The summed E-state index contributed by atoms with van der Waals surface area (Å²) in [6.07, 6.45) is -44.9. The van der Waals surface area contributed by atoms with Crippen molar-refractivity contribution in [3.05, 3.63) is 0 Å². The summed E-state index contributed by atoms with van der Waals surface area (Å²) < 4.78 is 496. The Morgan fingerprint density at radius 1 is 0.239 bits per heavy atom. The summed E-state index contributed by atoms with van der Waals surface area (Å²) >= 11 is -27.9. The third-order valence-corrected chi connectivity index (χ3v) is 38.8. The van der Waals surface area contributed by atoms with E-state index in [4.69, 9.17) is 0 Å². The Hall–Kier alpha value is -1.04. The number of rotatable bonds is 28. The molecule has 0 unspecified atom stereocenters. The van der Waals surface area contributed by atoms with Crippen LogP contribution >= 0.6 is 0 Å². The molecule has 0 bridgehead atoms. The van der Waals surface area contributed by atoms with E-state index in [9.17, 15) is 87.8 Å². The van der Waals surface area contributed by atoms with E-state index < -0.39 is 191 Å². The number of halogens is 36. The van der Waals surface area contributed by atoms with Crippen LogP contribution in [0.2, 0.25) is 0 Å². The van der Waals surface area contributed by atoms with Crippen molar-refractivity contribution >= 4 is 38.4 Å². The van der Waals surface area contributed by atoms with Crippen molar-refractivity contribution in [3.8, 4) is 0 Å². The van der Waals surface area contributed by atoms with Crippen molar-refractivity contribution in [2.45, 2.75) is 166 Å². The Bertz CT molecular complexity index is 1490.